The van der Waals surface area contributed by atoms with Gasteiger partial charge in [-0.15, -0.1) is 0 Å². The van der Waals surface area contributed by atoms with Crippen LogP contribution in [0.4, 0.5) is 8.78 Å². The first-order valence-corrected chi connectivity index (χ1v) is 9.88. The van der Waals surface area contributed by atoms with E-state index in [1.807, 2.05) is 5.32 Å². The number of nitrogens with zero attached hydrogens (tertiary/aromatic N) is 1. The molecule has 1 fully saturated rings. The number of hydrogen-bond acceptors (Lipinski definition) is 4. The number of benzene rings is 2. The number of carbonyl (C=O) groups excluding carboxylic acids is 4. The van der Waals surface area contributed by atoms with Crippen molar-refractivity contribution >= 4 is 35.2 Å². The van der Waals surface area contributed by atoms with Crippen LogP contribution in [0, 0.1) is 0 Å². The largest absolute Gasteiger partial charge is 0.349 e. The van der Waals surface area contributed by atoms with Crippen molar-refractivity contribution in [2.24, 2.45) is 0 Å². The maximum Gasteiger partial charge on any atom is 0.349 e. The maximum absolute atomic E-state index is 14.6. The monoisotopic (exact) mass is 464 g/mol. The van der Waals surface area contributed by atoms with Gasteiger partial charge < -0.3 is 10.2 Å². The molecule has 0 saturated carbocycles. The van der Waals surface area contributed by atoms with Gasteiger partial charge in [-0.05, 0) is 35.7 Å². The fourth-order valence-corrected chi connectivity index (χ4v) is 3.59. The number of halogens is 3. The van der Waals surface area contributed by atoms with E-state index in [0.717, 1.165) is 17.0 Å². The van der Waals surface area contributed by atoms with Crippen molar-refractivity contribution < 1.29 is 32.1 Å². The summed E-state index contributed by atoms with van der Waals surface area (Å²) in [6.45, 7) is -0.763. The standard InChI is InChI=1S/C22H18ClF2N3O4/c23-15-4-2-14(3-5-15)22(24,25)21(32)26-10-12-1-6-16-13(9-12)11-28(20(16)31)17-7-8-18(29)27-19(17)30/h1-6,9,17H,7-8,10-11H2,(H,26,32)(H,27,29,30)/t17-/m1/s1/i7D,17D/hD/t7?,17-. The number of alkyl halides is 2. The quantitative estimate of drug-likeness (QED) is 0.665. The van der Waals surface area contributed by atoms with Gasteiger partial charge >= 0.3 is 5.92 Å². The van der Waals surface area contributed by atoms with Crippen molar-refractivity contribution in [3.8, 4) is 0 Å². The van der Waals surface area contributed by atoms with E-state index >= 15 is 0 Å². The Hall–Kier alpha value is -3.33. The molecule has 1 saturated heterocycles. The van der Waals surface area contributed by atoms with Crippen molar-refractivity contribution in [3.05, 3.63) is 69.7 Å². The van der Waals surface area contributed by atoms with Crippen LogP contribution in [-0.4, -0.2) is 34.5 Å². The highest BCUT2D eigenvalue weighted by Crippen LogP contribution is 2.30. The molecule has 2 N–H and O–H groups in total. The van der Waals surface area contributed by atoms with E-state index in [1.54, 1.807) is 0 Å². The lowest BCUT2D eigenvalue weighted by Crippen LogP contribution is -2.52. The van der Waals surface area contributed by atoms with E-state index in [2.05, 4.69) is 0 Å². The Morgan fingerprint density at radius 3 is 2.69 bits per heavy atom. The molecule has 166 valence electrons. The first-order chi connectivity index (χ1) is 16.4. The molecule has 4 amide bonds. The number of fused-ring (bicyclic) bond motifs is 1. The van der Waals surface area contributed by atoms with Crippen LogP contribution < -0.4 is 10.6 Å². The molecule has 0 radical (unpaired) electrons. The Morgan fingerprint density at radius 2 is 2.00 bits per heavy atom. The van der Waals surface area contributed by atoms with Crippen LogP contribution in [0.5, 0.6) is 0 Å². The predicted octanol–water partition coefficient (Wildman–Crippen LogP) is 2.51. The summed E-state index contributed by atoms with van der Waals surface area (Å²) in [5.41, 5.74) is 0.112. The Labute approximate surface area is 191 Å². The Morgan fingerprint density at radius 1 is 1.28 bits per heavy atom. The molecule has 4 rings (SSSR count). The van der Waals surface area contributed by atoms with E-state index < -0.39 is 60.5 Å². The van der Waals surface area contributed by atoms with Gasteiger partial charge in [0.25, 0.3) is 11.8 Å². The van der Waals surface area contributed by atoms with E-state index in [4.69, 9.17) is 15.8 Å². The lowest BCUT2D eigenvalue weighted by molar-refractivity contribution is -0.147. The van der Waals surface area contributed by atoms with Gasteiger partial charge in [-0.2, -0.15) is 8.78 Å². The summed E-state index contributed by atoms with van der Waals surface area (Å²) < 4.78 is 53.6. The molecule has 0 bridgehead atoms. The average molecular weight is 465 g/mol. The highest BCUT2D eigenvalue weighted by Gasteiger charge is 2.41. The second-order valence-electron chi connectivity index (χ2n) is 7.26. The fraction of sp³-hybridized carbons (Fsp3) is 0.273. The van der Waals surface area contributed by atoms with Crippen molar-refractivity contribution in [1.82, 2.24) is 15.5 Å². The van der Waals surface area contributed by atoms with Crippen LogP contribution in [-0.2, 0) is 33.4 Å². The highest BCUT2D eigenvalue weighted by atomic mass is 35.5. The molecule has 2 atom stereocenters. The SMILES string of the molecule is [2H]C1CC(=O)NC(=O)[C@]1([2H])N1Cc2cc(CN([2H])C(=O)C(F)(F)c3ccc(Cl)cc3)ccc2C1=O. The second-order valence-corrected chi connectivity index (χ2v) is 7.69. The Bertz CT molecular complexity index is 1250. The summed E-state index contributed by atoms with van der Waals surface area (Å²) in [5, 5.41) is 2.30. The molecule has 2 aromatic carbocycles. The molecule has 1 unspecified atom stereocenters. The number of carbonyl (C=O) groups is 4. The van der Waals surface area contributed by atoms with Crippen molar-refractivity contribution in [1.29, 1.82) is 0 Å². The normalized spacial score (nSPS) is 24.3. The molecule has 7 nitrogen and oxygen atoms in total. The zero-order valence-electron chi connectivity index (χ0n) is 19.4. The summed E-state index contributed by atoms with van der Waals surface area (Å²) in [6, 6.07) is 6.20. The van der Waals surface area contributed by atoms with Gasteiger partial charge in [0.2, 0.25) is 11.8 Å². The molecule has 10 heteroatoms. The van der Waals surface area contributed by atoms with Crippen molar-refractivity contribution in [2.75, 3.05) is 0 Å². The minimum atomic E-state index is -3.97. The summed E-state index contributed by atoms with van der Waals surface area (Å²) >= 11 is 5.69. The van der Waals surface area contributed by atoms with Gasteiger partial charge in [0.15, 0.2) is 1.41 Å². The van der Waals surface area contributed by atoms with E-state index in [0.29, 0.717) is 5.56 Å². The molecule has 0 aliphatic carbocycles. The minimum absolute atomic E-state index is 0.108. The van der Waals surface area contributed by atoms with Crippen LogP contribution in [0.1, 0.15) is 42.6 Å². The summed E-state index contributed by atoms with van der Waals surface area (Å²) in [4.78, 5) is 49.9. The average Bonchev–Trinajstić information content (AvgIpc) is 3.13. The third-order valence-electron chi connectivity index (χ3n) is 5.11. The molecule has 2 aliphatic rings. The Kier molecular flexibility index (Phi) is 4.74. The third kappa shape index (κ3) is 4.08. The summed E-state index contributed by atoms with van der Waals surface area (Å²) in [7, 11) is 0. The van der Waals surface area contributed by atoms with Crippen LogP contribution in [0.25, 0.3) is 0 Å². The summed E-state index contributed by atoms with van der Waals surface area (Å²) in [5.74, 6) is -8.22. The van der Waals surface area contributed by atoms with Crippen LogP contribution in [0.2, 0.25) is 6.43 Å². The number of amides is 4. The molecular formula is C22H18ClF2N3O4. The van der Waals surface area contributed by atoms with Gasteiger partial charge in [0.05, 0.1) is 1.37 Å². The number of piperidine rings is 1. The first-order valence-electron chi connectivity index (χ1n) is 11.0. The van der Waals surface area contributed by atoms with E-state index in [9.17, 15) is 28.0 Å². The lowest BCUT2D eigenvalue weighted by atomic mass is 10.0. The molecule has 0 aromatic heterocycles. The molecule has 0 spiro atoms. The van der Waals surface area contributed by atoms with Gasteiger partial charge in [-0.1, -0.05) is 35.9 Å². The smallest absolute Gasteiger partial charge is 0.346 e. The molecule has 2 heterocycles. The van der Waals surface area contributed by atoms with E-state index in [-0.39, 0.29) is 28.0 Å². The number of nitrogens with one attached hydrogen (secondary N) is 2. The summed E-state index contributed by atoms with van der Waals surface area (Å²) in [6.07, 6.45) is -1.93. The van der Waals surface area contributed by atoms with Crippen molar-refractivity contribution in [3.63, 3.8) is 0 Å². The van der Waals surface area contributed by atoms with Crippen LogP contribution in [0.3, 0.4) is 0 Å². The highest BCUT2D eigenvalue weighted by molar-refractivity contribution is 6.30. The van der Waals surface area contributed by atoms with Crippen molar-refractivity contribution in [2.45, 2.75) is 37.8 Å². The van der Waals surface area contributed by atoms with Gasteiger partial charge in [0.1, 0.15) is 6.02 Å². The van der Waals surface area contributed by atoms with E-state index in [1.165, 1.54) is 30.3 Å². The van der Waals surface area contributed by atoms with Crippen LogP contribution >= 0.6 is 11.6 Å². The topological polar surface area (TPSA) is 95.6 Å². The molecule has 2 aliphatic heterocycles. The predicted molar refractivity (Wildman–Crippen MR) is 110 cm³/mol. The Balaban J connectivity index is 1.52. The fourth-order valence-electron chi connectivity index (χ4n) is 3.47. The zero-order chi connectivity index (χ0) is 25.7. The van der Waals surface area contributed by atoms with Gasteiger partial charge in [-0.25, -0.2) is 0 Å². The minimum Gasteiger partial charge on any atom is -0.346 e. The molecule has 2 aromatic rings. The number of rotatable bonds is 5. The number of hydrogen-bond donors (Lipinski definition) is 2. The maximum atomic E-state index is 14.6. The lowest BCUT2D eigenvalue weighted by Gasteiger charge is -2.29. The second kappa shape index (κ2) is 8.31. The first kappa shape index (κ1) is 18.3. The number of imide groups is 1. The molecular weight excluding hydrogens is 444 g/mol. The third-order valence-corrected chi connectivity index (χ3v) is 5.36. The van der Waals surface area contributed by atoms with Crippen LogP contribution in [0.15, 0.2) is 42.5 Å². The molecule has 32 heavy (non-hydrogen) atoms. The zero-order valence-corrected chi connectivity index (χ0v) is 17.2. The van der Waals surface area contributed by atoms with Gasteiger partial charge in [-0.3, -0.25) is 24.5 Å². The van der Waals surface area contributed by atoms with Gasteiger partial charge in [0, 0.05) is 37.0 Å².